The fourth-order valence-corrected chi connectivity index (χ4v) is 3.08. The van der Waals surface area contributed by atoms with Crippen LogP contribution in [0.3, 0.4) is 0 Å². The van der Waals surface area contributed by atoms with Gasteiger partial charge in [0.2, 0.25) is 0 Å². The van der Waals surface area contributed by atoms with Crippen molar-refractivity contribution in [1.29, 1.82) is 0 Å². The van der Waals surface area contributed by atoms with Gasteiger partial charge in [-0.05, 0) is 30.7 Å². The number of carbonyl (C=O) groups is 2. The van der Waals surface area contributed by atoms with Gasteiger partial charge in [0.1, 0.15) is 0 Å². The molecule has 2 rings (SSSR count). The standard InChI is InChI=1S/C13H11Cl2NS.C2H2O4/c14-11-5-3-6-12(15)13(11)17-9-7-10-4-1-2-8-16-10;3-1(4)2(5)6/h1-6,8H,7,9H2;(H,3,4)(H,5,6). The van der Waals surface area contributed by atoms with Gasteiger partial charge in [-0.2, -0.15) is 0 Å². The second-order valence-electron chi connectivity index (χ2n) is 4.08. The minimum absolute atomic E-state index is 0.712. The summed E-state index contributed by atoms with van der Waals surface area (Å²) in [4.78, 5) is 23.4. The molecular formula is C15H13Cl2NO4S. The number of hydrogen-bond donors (Lipinski definition) is 2. The number of thioether (sulfide) groups is 1. The molecule has 1 aromatic carbocycles. The highest BCUT2D eigenvalue weighted by atomic mass is 35.5. The monoisotopic (exact) mass is 373 g/mol. The highest BCUT2D eigenvalue weighted by Gasteiger charge is 2.06. The van der Waals surface area contributed by atoms with E-state index in [0.29, 0.717) is 10.0 Å². The van der Waals surface area contributed by atoms with Crippen molar-refractivity contribution in [3.63, 3.8) is 0 Å². The Bertz CT molecular complexity index is 636. The summed E-state index contributed by atoms with van der Waals surface area (Å²) in [6.45, 7) is 0. The highest BCUT2D eigenvalue weighted by Crippen LogP contribution is 2.33. The minimum Gasteiger partial charge on any atom is -0.473 e. The summed E-state index contributed by atoms with van der Waals surface area (Å²) in [5.41, 5.74) is 1.09. The van der Waals surface area contributed by atoms with Crippen LogP contribution in [-0.4, -0.2) is 32.9 Å². The molecule has 1 heterocycles. The predicted octanol–water partition coefficient (Wildman–Crippen LogP) is 3.88. The Hall–Kier alpha value is -1.76. The van der Waals surface area contributed by atoms with E-state index in [4.69, 9.17) is 43.0 Å². The summed E-state index contributed by atoms with van der Waals surface area (Å²) in [7, 11) is 0. The van der Waals surface area contributed by atoms with Crippen molar-refractivity contribution in [2.45, 2.75) is 11.3 Å². The summed E-state index contributed by atoms with van der Waals surface area (Å²) in [5.74, 6) is -2.73. The van der Waals surface area contributed by atoms with Crippen LogP contribution in [0.1, 0.15) is 5.69 Å². The molecule has 1 aromatic heterocycles. The zero-order chi connectivity index (χ0) is 17.2. The van der Waals surface area contributed by atoms with Crippen LogP contribution in [0.5, 0.6) is 0 Å². The zero-order valence-corrected chi connectivity index (χ0v) is 14.1. The number of halogens is 2. The summed E-state index contributed by atoms with van der Waals surface area (Å²) >= 11 is 13.8. The van der Waals surface area contributed by atoms with Crippen LogP contribution in [0.4, 0.5) is 0 Å². The maximum atomic E-state index is 9.10. The van der Waals surface area contributed by atoms with Crippen molar-refractivity contribution in [3.8, 4) is 0 Å². The lowest BCUT2D eigenvalue weighted by Crippen LogP contribution is -2.09. The average molecular weight is 374 g/mol. The molecule has 2 N–H and O–H groups in total. The molecule has 0 saturated carbocycles. The van der Waals surface area contributed by atoms with Gasteiger partial charge >= 0.3 is 11.9 Å². The number of benzene rings is 1. The third-order valence-electron chi connectivity index (χ3n) is 2.43. The van der Waals surface area contributed by atoms with E-state index in [1.807, 2.05) is 42.6 Å². The molecule has 0 bridgehead atoms. The molecule has 0 saturated heterocycles. The Morgan fingerprint density at radius 2 is 1.61 bits per heavy atom. The minimum atomic E-state index is -1.82. The van der Waals surface area contributed by atoms with Gasteiger partial charge in [-0.1, -0.05) is 35.3 Å². The van der Waals surface area contributed by atoms with E-state index in [0.717, 1.165) is 22.8 Å². The first kappa shape index (κ1) is 19.3. The number of pyridine rings is 1. The first-order valence-corrected chi connectivity index (χ1v) is 8.09. The molecule has 0 unspecified atom stereocenters. The van der Waals surface area contributed by atoms with Gasteiger partial charge in [-0.15, -0.1) is 11.8 Å². The Morgan fingerprint density at radius 1 is 1.00 bits per heavy atom. The number of aliphatic carboxylic acids is 2. The van der Waals surface area contributed by atoms with Gasteiger partial charge in [-0.3, -0.25) is 4.98 Å². The molecular weight excluding hydrogens is 361 g/mol. The summed E-state index contributed by atoms with van der Waals surface area (Å²) in [6, 6.07) is 11.5. The third-order valence-corrected chi connectivity index (χ3v) is 4.42. The number of hydrogen-bond acceptors (Lipinski definition) is 4. The molecule has 8 heteroatoms. The van der Waals surface area contributed by atoms with E-state index in [2.05, 4.69) is 4.98 Å². The SMILES string of the molecule is Clc1cccc(Cl)c1SCCc1ccccn1.O=C(O)C(=O)O. The lowest BCUT2D eigenvalue weighted by molar-refractivity contribution is -0.159. The van der Waals surface area contributed by atoms with E-state index in [1.165, 1.54) is 0 Å². The van der Waals surface area contributed by atoms with Crippen molar-refractivity contribution in [2.75, 3.05) is 5.75 Å². The first-order chi connectivity index (χ1) is 10.9. The van der Waals surface area contributed by atoms with Crippen LogP contribution in [0.2, 0.25) is 10.0 Å². The molecule has 0 aliphatic carbocycles. The second-order valence-corrected chi connectivity index (χ2v) is 6.00. The third kappa shape index (κ3) is 7.36. The Labute approximate surface area is 147 Å². The first-order valence-electron chi connectivity index (χ1n) is 6.34. The molecule has 0 radical (unpaired) electrons. The molecule has 0 fully saturated rings. The molecule has 122 valence electrons. The molecule has 23 heavy (non-hydrogen) atoms. The van der Waals surface area contributed by atoms with Crippen LogP contribution in [0.15, 0.2) is 47.5 Å². The van der Waals surface area contributed by atoms with Crippen molar-refractivity contribution in [2.24, 2.45) is 0 Å². The number of rotatable bonds is 4. The predicted molar refractivity (Wildman–Crippen MR) is 90.4 cm³/mol. The molecule has 0 aliphatic heterocycles. The van der Waals surface area contributed by atoms with Crippen LogP contribution in [0, 0.1) is 0 Å². The summed E-state index contributed by atoms with van der Waals surface area (Å²) in [5, 5.41) is 16.2. The number of carboxylic acids is 2. The van der Waals surface area contributed by atoms with E-state index in [1.54, 1.807) is 11.8 Å². The Kier molecular flexibility index (Phi) is 8.47. The fourth-order valence-electron chi connectivity index (χ4n) is 1.42. The summed E-state index contributed by atoms with van der Waals surface area (Å²) in [6.07, 6.45) is 2.72. The Balaban J connectivity index is 0.000000379. The van der Waals surface area contributed by atoms with Gasteiger partial charge in [0.05, 0.1) is 10.0 Å². The largest absolute Gasteiger partial charge is 0.473 e. The number of carboxylic acid groups (broad SMARTS) is 2. The average Bonchev–Trinajstić information content (AvgIpc) is 2.52. The van der Waals surface area contributed by atoms with Gasteiger partial charge in [0.25, 0.3) is 0 Å². The van der Waals surface area contributed by atoms with E-state index < -0.39 is 11.9 Å². The van der Waals surface area contributed by atoms with Crippen molar-refractivity contribution >= 4 is 46.9 Å². The smallest absolute Gasteiger partial charge is 0.414 e. The number of aromatic nitrogens is 1. The molecule has 0 spiro atoms. The van der Waals surface area contributed by atoms with Crippen LogP contribution in [0.25, 0.3) is 0 Å². The highest BCUT2D eigenvalue weighted by molar-refractivity contribution is 7.99. The van der Waals surface area contributed by atoms with Gasteiger partial charge < -0.3 is 10.2 Å². The molecule has 2 aromatic rings. The van der Waals surface area contributed by atoms with Crippen LogP contribution >= 0.6 is 35.0 Å². The normalized spacial score (nSPS) is 9.65. The van der Waals surface area contributed by atoms with Crippen LogP contribution < -0.4 is 0 Å². The summed E-state index contributed by atoms with van der Waals surface area (Å²) < 4.78 is 0. The van der Waals surface area contributed by atoms with E-state index in [9.17, 15) is 0 Å². The lowest BCUT2D eigenvalue weighted by Gasteiger charge is -2.05. The van der Waals surface area contributed by atoms with Crippen molar-refractivity contribution in [3.05, 3.63) is 58.3 Å². The topological polar surface area (TPSA) is 87.5 Å². The molecule has 0 aliphatic rings. The van der Waals surface area contributed by atoms with E-state index in [-0.39, 0.29) is 0 Å². The van der Waals surface area contributed by atoms with Crippen molar-refractivity contribution < 1.29 is 19.8 Å². The van der Waals surface area contributed by atoms with Crippen molar-refractivity contribution in [1.82, 2.24) is 4.98 Å². The fraction of sp³-hybridized carbons (Fsp3) is 0.133. The maximum Gasteiger partial charge on any atom is 0.414 e. The van der Waals surface area contributed by atoms with E-state index >= 15 is 0 Å². The molecule has 0 amide bonds. The van der Waals surface area contributed by atoms with Gasteiger partial charge in [0.15, 0.2) is 0 Å². The number of nitrogens with zero attached hydrogens (tertiary/aromatic N) is 1. The second kappa shape index (κ2) is 10.1. The van der Waals surface area contributed by atoms with Gasteiger partial charge in [-0.25, -0.2) is 9.59 Å². The lowest BCUT2D eigenvalue weighted by atomic mass is 10.3. The Morgan fingerprint density at radius 3 is 2.09 bits per heavy atom. The maximum absolute atomic E-state index is 9.10. The molecule has 0 atom stereocenters. The van der Waals surface area contributed by atoms with Gasteiger partial charge in [0, 0.05) is 22.5 Å². The quantitative estimate of drug-likeness (QED) is 0.624. The zero-order valence-electron chi connectivity index (χ0n) is 11.8. The molecule has 5 nitrogen and oxygen atoms in total. The van der Waals surface area contributed by atoms with Crippen LogP contribution in [-0.2, 0) is 16.0 Å². The number of aryl methyl sites for hydroxylation is 1.